The molecule has 0 radical (unpaired) electrons. The van der Waals surface area contributed by atoms with Crippen molar-refractivity contribution in [3.63, 3.8) is 0 Å². The van der Waals surface area contributed by atoms with Crippen LogP contribution in [0.25, 0.3) is 22.2 Å². The summed E-state index contributed by atoms with van der Waals surface area (Å²) in [6.45, 7) is 1.83. The third kappa shape index (κ3) is 3.12. The number of sulfone groups is 1. The third-order valence-electron chi connectivity index (χ3n) is 4.69. The number of ether oxygens (including phenoxy) is 1. The van der Waals surface area contributed by atoms with Crippen molar-refractivity contribution in [2.24, 2.45) is 0 Å². The minimum atomic E-state index is -3.61. The van der Waals surface area contributed by atoms with Crippen LogP contribution < -0.4 is 4.74 Å². The maximum Gasteiger partial charge on any atom is 0.183 e. The molecule has 0 unspecified atom stereocenters. The van der Waals surface area contributed by atoms with Crippen molar-refractivity contribution in [1.29, 1.82) is 0 Å². The second kappa shape index (κ2) is 6.49. The highest BCUT2D eigenvalue weighted by Crippen LogP contribution is 2.42. The van der Waals surface area contributed by atoms with Crippen LogP contribution in [0.4, 0.5) is 4.39 Å². The molecule has 0 saturated carbocycles. The Morgan fingerprint density at radius 3 is 2.81 bits per heavy atom. The Hall–Kier alpha value is -2.67. The topological polar surface area (TPSA) is 76.2 Å². The number of aromatic nitrogens is 1. The molecule has 0 aliphatic carbocycles. The number of carbonyl (C=O) groups is 1. The maximum atomic E-state index is 13.6. The average molecular weight is 387 g/mol. The summed E-state index contributed by atoms with van der Waals surface area (Å²) in [4.78, 5) is 15.0. The number of nitrogens with one attached hydrogen (secondary N) is 1. The van der Waals surface area contributed by atoms with Crippen LogP contribution in [-0.2, 0) is 20.4 Å². The molecule has 1 aromatic heterocycles. The molecule has 1 aliphatic rings. The fourth-order valence-corrected chi connectivity index (χ4v) is 5.07. The highest BCUT2D eigenvalue weighted by atomic mass is 32.2. The van der Waals surface area contributed by atoms with E-state index in [-0.39, 0.29) is 23.0 Å². The molecule has 4 rings (SSSR count). The van der Waals surface area contributed by atoms with Crippen LogP contribution in [0, 0.1) is 5.82 Å². The molecule has 1 aliphatic heterocycles. The monoisotopic (exact) mass is 387 g/mol. The largest absolute Gasteiger partial charge is 0.486 e. The first kappa shape index (κ1) is 17.7. The molecule has 2 heterocycles. The van der Waals surface area contributed by atoms with E-state index in [9.17, 15) is 17.6 Å². The van der Waals surface area contributed by atoms with Crippen molar-refractivity contribution in [2.45, 2.75) is 30.4 Å². The van der Waals surface area contributed by atoms with Gasteiger partial charge in [-0.15, -0.1) is 0 Å². The van der Waals surface area contributed by atoms with E-state index in [0.29, 0.717) is 39.9 Å². The highest BCUT2D eigenvalue weighted by molar-refractivity contribution is 7.91. The highest BCUT2D eigenvalue weighted by Gasteiger charge is 2.31. The van der Waals surface area contributed by atoms with Gasteiger partial charge in [-0.05, 0) is 42.8 Å². The number of hydrogen-bond donors (Lipinski definition) is 1. The van der Waals surface area contributed by atoms with E-state index in [2.05, 4.69) is 4.98 Å². The lowest BCUT2D eigenvalue weighted by atomic mass is 10.1. The van der Waals surface area contributed by atoms with E-state index in [1.165, 1.54) is 18.2 Å². The minimum Gasteiger partial charge on any atom is -0.486 e. The molecule has 0 atom stereocenters. The summed E-state index contributed by atoms with van der Waals surface area (Å²) in [6.07, 6.45) is 1.17. The predicted octanol–water partition coefficient (Wildman–Crippen LogP) is 4.01. The molecule has 0 amide bonds. The van der Waals surface area contributed by atoms with Gasteiger partial charge in [-0.25, -0.2) is 12.8 Å². The van der Waals surface area contributed by atoms with Crippen LogP contribution >= 0.6 is 0 Å². The zero-order valence-electron chi connectivity index (χ0n) is 14.7. The molecule has 1 N–H and O–H groups in total. The Bertz CT molecular complexity index is 1160. The number of Topliss-reactive ketones (excluding diaryl/α,β-unsaturated/α-hetero) is 1. The molecule has 0 bridgehead atoms. The maximum absolute atomic E-state index is 13.6. The molecule has 140 valence electrons. The Balaban J connectivity index is 1.78. The van der Waals surface area contributed by atoms with Crippen molar-refractivity contribution in [2.75, 3.05) is 6.61 Å². The van der Waals surface area contributed by atoms with Gasteiger partial charge < -0.3 is 9.72 Å². The van der Waals surface area contributed by atoms with Crippen molar-refractivity contribution in [3.05, 3.63) is 47.8 Å². The Morgan fingerprint density at radius 2 is 2.04 bits per heavy atom. The van der Waals surface area contributed by atoms with Gasteiger partial charge in [0.05, 0.1) is 16.3 Å². The summed E-state index contributed by atoms with van der Waals surface area (Å²) < 4.78 is 44.7. The van der Waals surface area contributed by atoms with E-state index >= 15 is 0 Å². The number of carbonyl (C=O) groups excluding carboxylic acids is 1. The SMILES string of the molecule is CCCC(=O)COc1ccc2c(c1)S(=O)(=O)Cc1c-2[nH]c2ccc(F)cc12. The quantitative estimate of drug-likeness (QED) is 0.718. The molecular weight excluding hydrogens is 369 g/mol. The van der Waals surface area contributed by atoms with E-state index in [1.807, 2.05) is 6.92 Å². The molecule has 2 aromatic carbocycles. The molecule has 3 aromatic rings. The van der Waals surface area contributed by atoms with Gasteiger partial charge in [-0.1, -0.05) is 6.92 Å². The van der Waals surface area contributed by atoms with Gasteiger partial charge in [0.1, 0.15) is 18.2 Å². The number of rotatable bonds is 5. The first-order valence-electron chi connectivity index (χ1n) is 8.71. The van der Waals surface area contributed by atoms with E-state index in [4.69, 9.17) is 4.74 Å². The molecule has 0 spiro atoms. The lowest BCUT2D eigenvalue weighted by molar-refractivity contribution is -0.121. The smallest absolute Gasteiger partial charge is 0.183 e. The normalized spacial score (nSPS) is 14.6. The van der Waals surface area contributed by atoms with Crippen LogP contribution in [0.3, 0.4) is 0 Å². The van der Waals surface area contributed by atoms with E-state index in [0.717, 1.165) is 6.42 Å². The van der Waals surface area contributed by atoms with Gasteiger partial charge in [0.25, 0.3) is 0 Å². The van der Waals surface area contributed by atoms with Crippen molar-refractivity contribution >= 4 is 26.5 Å². The number of hydrogen-bond acceptors (Lipinski definition) is 4. The average Bonchev–Trinajstić information content (AvgIpc) is 2.97. The van der Waals surface area contributed by atoms with E-state index in [1.54, 1.807) is 18.2 Å². The first-order valence-corrected chi connectivity index (χ1v) is 10.4. The fourth-order valence-electron chi connectivity index (χ4n) is 3.44. The fraction of sp³-hybridized carbons (Fsp3) is 0.250. The summed E-state index contributed by atoms with van der Waals surface area (Å²) in [7, 11) is -3.61. The lowest BCUT2D eigenvalue weighted by Crippen LogP contribution is -2.14. The molecule has 7 heteroatoms. The number of aromatic amines is 1. The van der Waals surface area contributed by atoms with Crippen molar-refractivity contribution in [1.82, 2.24) is 4.98 Å². The number of fused-ring (bicyclic) bond motifs is 5. The second-order valence-corrected chi connectivity index (χ2v) is 8.62. The number of benzene rings is 2. The Labute approximate surface area is 156 Å². The summed E-state index contributed by atoms with van der Waals surface area (Å²) in [5.41, 5.74) is 2.47. The Morgan fingerprint density at radius 1 is 1.22 bits per heavy atom. The van der Waals surface area contributed by atoms with Crippen LogP contribution in [0.2, 0.25) is 0 Å². The molecule has 0 saturated heterocycles. The van der Waals surface area contributed by atoms with Crippen molar-refractivity contribution in [3.8, 4) is 17.0 Å². The number of H-pyrrole nitrogens is 1. The Kier molecular flexibility index (Phi) is 4.26. The molecule has 0 fully saturated rings. The molecule has 5 nitrogen and oxygen atoms in total. The van der Waals surface area contributed by atoms with Crippen molar-refractivity contribution < 1.29 is 22.3 Å². The second-order valence-electron chi connectivity index (χ2n) is 6.66. The summed E-state index contributed by atoms with van der Waals surface area (Å²) in [5.74, 6) is -0.310. The van der Waals surface area contributed by atoms with Gasteiger partial charge >= 0.3 is 0 Å². The van der Waals surface area contributed by atoms with Gasteiger partial charge in [-0.3, -0.25) is 4.79 Å². The zero-order valence-corrected chi connectivity index (χ0v) is 15.5. The summed E-state index contributed by atoms with van der Waals surface area (Å²) >= 11 is 0. The van der Waals surface area contributed by atoms with Gasteiger partial charge in [0.15, 0.2) is 15.6 Å². The summed E-state index contributed by atoms with van der Waals surface area (Å²) in [5, 5.41) is 0.574. The minimum absolute atomic E-state index is 0.0296. The van der Waals surface area contributed by atoms with Gasteiger partial charge in [0, 0.05) is 28.5 Å². The molecular formula is C20H18FNO4S. The van der Waals surface area contributed by atoms with Crippen LogP contribution in [0.5, 0.6) is 5.75 Å². The van der Waals surface area contributed by atoms with Gasteiger partial charge in [-0.2, -0.15) is 0 Å². The number of ketones is 1. The standard InChI is InChI=1S/C20H18FNO4S/c1-2-3-13(23)10-26-14-5-6-15-19(9-14)27(24,25)11-17-16-8-12(21)4-7-18(16)22-20(15)17/h4-9,22H,2-3,10-11H2,1H3. The van der Waals surface area contributed by atoms with Crippen LogP contribution in [-0.4, -0.2) is 25.8 Å². The zero-order chi connectivity index (χ0) is 19.2. The van der Waals surface area contributed by atoms with E-state index < -0.39 is 15.7 Å². The third-order valence-corrected chi connectivity index (χ3v) is 6.37. The van der Waals surface area contributed by atoms with Crippen LogP contribution in [0.15, 0.2) is 41.3 Å². The predicted molar refractivity (Wildman–Crippen MR) is 100.0 cm³/mol. The first-order chi connectivity index (χ1) is 12.9. The lowest BCUT2D eigenvalue weighted by Gasteiger charge is -2.18. The summed E-state index contributed by atoms with van der Waals surface area (Å²) in [6, 6.07) is 9.06. The number of halogens is 1. The van der Waals surface area contributed by atoms with Gasteiger partial charge in [0.2, 0.25) is 0 Å². The molecule has 27 heavy (non-hydrogen) atoms. The van der Waals surface area contributed by atoms with Crippen LogP contribution in [0.1, 0.15) is 25.3 Å².